The maximum Gasteiger partial charge on any atom is 0.416 e. The van der Waals surface area contributed by atoms with Crippen LogP contribution in [0.5, 0.6) is 0 Å². The fourth-order valence-corrected chi connectivity index (χ4v) is 2.14. The van der Waals surface area contributed by atoms with Gasteiger partial charge in [0.15, 0.2) is 5.82 Å². The van der Waals surface area contributed by atoms with E-state index in [0.29, 0.717) is 0 Å². The summed E-state index contributed by atoms with van der Waals surface area (Å²) in [6.45, 7) is 2.62. The van der Waals surface area contributed by atoms with Crippen LogP contribution in [0, 0.1) is 0 Å². The van der Waals surface area contributed by atoms with Gasteiger partial charge in [-0.05, 0) is 25.5 Å². The Morgan fingerprint density at radius 2 is 1.84 bits per heavy atom. The first-order valence-electron chi connectivity index (χ1n) is 7.24. The number of carboxylic acid groups (broad SMARTS) is 1. The Morgan fingerprint density at radius 3 is 2.44 bits per heavy atom. The molecule has 2 N–H and O–H groups in total. The molecule has 0 radical (unpaired) electrons. The SMILES string of the molecule is CC(C)(C(=O)Nc1ccn(CC(=O)O)n1)c1cccc(C(F)(F)F)c1. The average Bonchev–Trinajstić information content (AvgIpc) is 2.92. The van der Waals surface area contributed by atoms with Gasteiger partial charge in [0.1, 0.15) is 6.54 Å². The van der Waals surface area contributed by atoms with Gasteiger partial charge in [-0.1, -0.05) is 18.2 Å². The van der Waals surface area contributed by atoms with Crippen molar-refractivity contribution < 1.29 is 27.9 Å². The molecule has 0 aliphatic heterocycles. The van der Waals surface area contributed by atoms with Crippen molar-refractivity contribution in [3.8, 4) is 0 Å². The Balaban J connectivity index is 2.20. The van der Waals surface area contributed by atoms with Gasteiger partial charge in [0, 0.05) is 12.3 Å². The molecule has 1 aromatic heterocycles. The number of hydrogen-bond acceptors (Lipinski definition) is 3. The van der Waals surface area contributed by atoms with Crippen LogP contribution < -0.4 is 5.32 Å². The van der Waals surface area contributed by atoms with Gasteiger partial charge in [0.25, 0.3) is 0 Å². The quantitative estimate of drug-likeness (QED) is 0.864. The molecule has 1 aromatic carbocycles. The zero-order chi connectivity index (χ0) is 18.8. The number of nitrogens with one attached hydrogen (secondary N) is 1. The number of halogens is 3. The van der Waals surface area contributed by atoms with Crippen LogP contribution in [-0.2, 0) is 27.7 Å². The van der Waals surface area contributed by atoms with Gasteiger partial charge in [-0.3, -0.25) is 14.3 Å². The highest BCUT2D eigenvalue weighted by Gasteiger charge is 2.35. The van der Waals surface area contributed by atoms with Gasteiger partial charge >= 0.3 is 12.1 Å². The molecule has 9 heteroatoms. The number of anilines is 1. The van der Waals surface area contributed by atoms with Crippen molar-refractivity contribution >= 4 is 17.7 Å². The molecule has 25 heavy (non-hydrogen) atoms. The molecule has 0 aliphatic rings. The second-order valence-electron chi connectivity index (χ2n) is 5.95. The van der Waals surface area contributed by atoms with Crippen LogP contribution in [0.1, 0.15) is 25.0 Å². The topological polar surface area (TPSA) is 84.2 Å². The van der Waals surface area contributed by atoms with E-state index in [1.165, 1.54) is 38.2 Å². The standard InChI is InChI=1S/C16H16F3N3O3/c1-15(2,10-4-3-5-11(8-10)16(17,18)19)14(25)20-12-6-7-22(21-12)9-13(23)24/h3-8H,9H2,1-2H3,(H,23,24)(H,20,21,25). The van der Waals surface area contributed by atoms with Crippen molar-refractivity contribution in [2.75, 3.05) is 5.32 Å². The van der Waals surface area contributed by atoms with E-state index in [1.807, 2.05) is 0 Å². The first-order valence-corrected chi connectivity index (χ1v) is 7.24. The molecule has 1 heterocycles. The van der Waals surface area contributed by atoms with Crippen molar-refractivity contribution in [3.05, 3.63) is 47.7 Å². The van der Waals surface area contributed by atoms with Crippen LogP contribution in [0.3, 0.4) is 0 Å². The van der Waals surface area contributed by atoms with E-state index < -0.39 is 29.0 Å². The van der Waals surface area contributed by atoms with E-state index in [4.69, 9.17) is 5.11 Å². The Morgan fingerprint density at radius 1 is 1.20 bits per heavy atom. The fraction of sp³-hybridized carbons (Fsp3) is 0.312. The monoisotopic (exact) mass is 355 g/mol. The molecule has 0 bridgehead atoms. The van der Waals surface area contributed by atoms with Crippen LogP contribution in [-0.4, -0.2) is 26.8 Å². The van der Waals surface area contributed by atoms with Crippen LogP contribution in [0.15, 0.2) is 36.5 Å². The molecule has 134 valence electrons. The molecular weight excluding hydrogens is 339 g/mol. The Hall–Kier alpha value is -2.84. The summed E-state index contributed by atoms with van der Waals surface area (Å²) in [6, 6.07) is 5.96. The van der Waals surface area contributed by atoms with Crippen LogP contribution in [0.4, 0.5) is 19.0 Å². The van der Waals surface area contributed by atoms with Gasteiger partial charge in [-0.25, -0.2) is 0 Å². The number of carbonyl (C=O) groups is 2. The minimum atomic E-state index is -4.50. The molecule has 0 unspecified atom stereocenters. The molecular formula is C16H16F3N3O3. The number of carboxylic acids is 1. The first-order chi connectivity index (χ1) is 11.5. The highest BCUT2D eigenvalue weighted by molar-refractivity contribution is 5.97. The second-order valence-corrected chi connectivity index (χ2v) is 5.95. The number of rotatable bonds is 5. The molecule has 2 rings (SSSR count). The third kappa shape index (κ3) is 4.37. The zero-order valence-corrected chi connectivity index (χ0v) is 13.5. The van der Waals surface area contributed by atoms with Gasteiger partial charge in [-0.2, -0.15) is 18.3 Å². The van der Waals surface area contributed by atoms with E-state index >= 15 is 0 Å². The molecule has 1 amide bonds. The summed E-state index contributed by atoms with van der Waals surface area (Å²) < 4.78 is 39.7. The third-order valence-electron chi connectivity index (χ3n) is 3.66. The molecule has 0 atom stereocenters. The molecule has 0 spiro atoms. The van der Waals surface area contributed by atoms with Crippen LogP contribution >= 0.6 is 0 Å². The summed E-state index contributed by atoms with van der Waals surface area (Å²) in [6.07, 6.45) is -3.13. The van der Waals surface area contributed by atoms with E-state index in [2.05, 4.69) is 10.4 Å². The van der Waals surface area contributed by atoms with Gasteiger partial charge in [0.2, 0.25) is 5.91 Å². The summed E-state index contributed by atoms with van der Waals surface area (Å²) in [5.41, 5.74) is -1.89. The van der Waals surface area contributed by atoms with Gasteiger partial charge in [-0.15, -0.1) is 0 Å². The lowest BCUT2D eigenvalue weighted by Crippen LogP contribution is -2.35. The maximum absolute atomic E-state index is 12.8. The highest BCUT2D eigenvalue weighted by atomic mass is 19.4. The lowest BCUT2D eigenvalue weighted by Gasteiger charge is -2.24. The highest BCUT2D eigenvalue weighted by Crippen LogP contribution is 2.33. The second kappa shape index (κ2) is 6.58. The Labute approximate surface area is 141 Å². The van der Waals surface area contributed by atoms with E-state index in [-0.39, 0.29) is 17.9 Å². The summed E-state index contributed by atoms with van der Waals surface area (Å²) in [5, 5.41) is 15.1. The summed E-state index contributed by atoms with van der Waals surface area (Å²) >= 11 is 0. The molecule has 0 fully saturated rings. The predicted octanol–water partition coefficient (Wildman–Crippen LogP) is 2.90. The minimum absolute atomic E-state index is 0.117. The van der Waals surface area contributed by atoms with Crippen LogP contribution in [0.25, 0.3) is 0 Å². The lowest BCUT2D eigenvalue weighted by molar-refractivity contribution is -0.138. The number of aromatic nitrogens is 2. The number of benzene rings is 1. The minimum Gasteiger partial charge on any atom is -0.480 e. The summed E-state index contributed by atoms with van der Waals surface area (Å²) in [5.74, 6) is -1.54. The molecule has 0 saturated heterocycles. The summed E-state index contributed by atoms with van der Waals surface area (Å²) in [7, 11) is 0. The lowest BCUT2D eigenvalue weighted by atomic mass is 9.83. The van der Waals surface area contributed by atoms with Crippen molar-refractivity contribution in [3.63, 3.8) is 0 Å². The maximum atomic E-state index is 12.8. The number of hydrogen-bond donors (Lipinski definition) is 2. The van der Waals surface area contributed by atoms with Crippen molar-refractivity contribution in [1.29, 1.82) is 0 Å². The predicted molar refractivity (Wildman–Crippen MR) is 83.0 cm³/mol. The number of nitrogens with zero attached hydrogens (tertiary/aromatic N) is 2. The summed E-state index contributed by atoms with van der Waals surface area (Å²) in [4.78, 5) is 23.1. The van der Waals surface area contributed by atoms with Gasteiger partial charge in [0.05, 0.1) is 11.0 Å². The normalized spacial score (nSPS) is 12.0. The van der Waals surface area contributed by atoms with E-state index in [0.717, 1.165) is 16.8 Å². The van der Waals surface area contributed by atoms with Crippen molar-refractivity contribution in [1.82, 2.24) is 9.78 Å². The van der Waals surface area contributed by atoms with Crippen molar-refractivity contribution in [2.24, 2.45) is 0 Å². The molecule has 0 aliphatic carbocycles. The molecule has 2 aromatic rings. The number of carbonyl (C=O) groups excluding carboxylic acids is 1. The smallest absolute Gasteiger partial charge is 0.416 e. The van der Waals surface area contributed by atoms with Gasteiger partial charge < -0.3 is 10.4 Å². The number of aliphatic carboxylic acids is 1. The van der Waals surface area contributed by atoms with Crippen LogP contribution in [0.2, 0.25) is 0 Å². The molecule has 0 saturated carbocycles. The van der Waals surface area contributed by atoms with Crippen molar-refractivity contribution in [2.45, 2.75) is 32.0 Å². The number of alkyl halides is 3. The third-order valence-corrected chi connectivity index (χ3v) is 3.66. The Kier molecular flexibility index (Phi) is 4.87. The zero-order valence-electron chi connectivity index (χ0n) is 13.5. The number of amides is 1. The first kappa shape index (κ1) is 18.5. The Bertz CT molecular complexity index is 797. The van der Waals surface area contributed by atoms with E-state index in [9.17, 15) is 22.8 Å². The largest absolute Gasteiger partial charge is 0.480 e. The molecule has 6 nitrogen and oxygen atoms in total. The average molecular weight is 355 g/mol. The fourth-order valence-electron chi connectivity index (χ4n) is 2.14. The van der Waals surface area contributed by atoms with E-state index in [1.54, 1.807) is 0 Å².